The Labute approximate surface area is 115 Å². The summed E-state index contributed by atoms with van der Waals surface area (Å²) >= 11 is 0. The molecule has 0 unspecified atom stereocenters. The van der Waals surface area contributed by atoms with Gasteiger partial charge in [-0.15, -0.1) is 6.58 Å². The summed E-state index contributed by atoms with van der Waals surface area (Å²) in [5, 5.41) is 8.95. The fourth-order valence-electron chi connectivity index (χ4n) is 1.78. The van der Waals surface area contributed by atoms with E-state index in [2.05, 4.69) is 6.58 Å². The summed E-state index contributed by atoms with van der Waals surface area (Å²) in [7, 11) is -3.32. The summed E-state index contributed by atoms with van der Waals surface area (Å²) in [6.07, 6.45) is 2.37. The van der Waals surface area contributed by atoms with Crippen LogP contribution in [0.5, 0.6) is 0 Å². The molecule has 0 saturated carbocycles. The molecular formula is C14H21NO3S. The zero-order chi connectivity index (χ0) is 14.3. The predicted octanol–water partition coefficient (Wildman–Crippen LogP) is 1.91. The number of benzene rings is 1. The smallest absolute Gasteiger partial charge is 0.218 e. The van der Waals surface area contributed by atoms with Crippen LogP contribution in [-0.4, -0.2) is 30.9 Å². The van der Waals surface area contributed by atoms with E-state index in [0.717, 1.165) is 17.5 Å². The van der Waals surface area contributed by atoms with Crippen molar-refractivity contribution >= 4 is 10.0 Å². The minimum absolute atomic E-state index is 0.0213. The Morgan fingerprint density at radius 1 is 1.26 bits per heavy atom. The molecule has 0 aliphatic rings. The van der Waals surface area contributed by atoms with Crippen molar-refractivity contribution in [2.24, 2.45) is 0 Å². The molecule has 4 nitrogen and oxygen atoms in total. The summed E-state index contributed by atoms with van der Waals surface area (Å²) < 4.78 is 26.0. The van der Waals surface area contributed by atoms with Crippen molar-refractivity contribution in [3.05, 3.63) is 48.0 Å². The molecular weight excluding hydrogens is 262 g/mol. The third-order valence-corrected chi connectivity index (χ3v) is 4.57. The third kappa shape index (κ3) is 4.78. The van der Waals surface area contributed by atoms with Crippen molar-refractivity contribution in [1.82, 2.24) is 4.31 Å². The van der Waals surface area contributed by atoms with E-state index >= 15 is 0 Å². The highest BCUT2D eigenvalue weighted by molar-refractivity contribution is 7.88. The molecule has 0 aromatic heterocycles. The zero-order valence-corrected chi connectivity index (χ0v) is 12.1. The molecule has 1 aromatic rings. The highest BCUT2D eigenvalue weighted by atomic mass is 32.2. The number of rotatable bonds is 8. The van der Waals surface area contributed by atoms with Crippen LogP contribution in [0.1, 0.15) is 24.5 Å². The second kappa shape index (κ2) is 7.43. The summed E-state index contributed by atoms with van der Waals surface area (Å²) in [5.41, 5.74) is 1.50. The molecule has 1 N–H and O–H groups in total. The van der Waals surface area contributed by atoms with E-state index in [1.54, 1.807) is 30.3 Å². The van der Waals surface area contributed by atoms with Crippen LogP contribution in [0.3, 0.4) is 0 Å². The Bertz CT molecular complexity index is 494. The second-order valence-corrected chi connectivity index (χ2v) is 6.35. The van der Waals surface area contributed by atoms with Crippen LogP contribution >= 0.6 is 0 Å². The molecule has 0 fully saturated rings. The topological polar surface area (TPSA) is 57.6 Å². The van der Waals surface area contributed by atoms with Gasteiger partial charge < -0.3 is 5.11 Å². The maximum atomic E-state index is 12.3. The van der Waals surface area contributed by atoms with Gasteiger partial charge in [0.15, 0.2) is 0 Å². The molecule has 0 atom stereocenters. The number of aliphatic hydroxyl groups is 1. The van der Waals surface area contributed by atoms with E-state index in [1.807, 2.05) is 6.92 Å². The average molecular weight is 283 g/mol. The molecule has 19 heavy (non-hydrogen) atoms. The minimum Gasteiger partial charge on any atom is -0.392 e. The molecule has 0 spiro atoms. The molecule has 1 aromatic carbocycles. The van der Waals surface area contributed by atoms with Crippen LogP contribution in [0.2, 0.25) is 0 Å². The van der Waals surface area contributed by atoms with E-state index in [4.69, 9.17) is 5.11 Å². The van der Waals surface area contributed by atoms with E-state index in [9.17, 15) is 8.42 Å². The minimum atomic E-state index is -3.32. The van der Waals surface area contributed by atoms with Crippen LogP contribution in [0, 0.1) is 0 Å². The van der Waals surface area contributed by atoms with E-state index in [1.165, 1.54) is 4.31 Å². The Morgan fingerprint density at radius 3 is 2.32 bits per heavy atom. The van der Waals surface area contributed by atoms with Gasteiger partial charge in [0.1, 0.15) is 0 Å². The lowest BCUT2D eigenvalue weighted by molar-refractivity contribution is 0.282. The monoisotopic (exact) mass is 283 g/mol. The van der Waals surface area contributed by atoms with Gasteiger partial charge in [0.25, 0.3) is 0 Å². The molecule has 0 saturated heterocycles. The van der Waals surface area contributed by atoms with Crippen LogP contribution in [0.4, 0.5) is 0 Å². The van der Waals surface area contributed by atoms with Gasteiger partial charge >= 0.3 is 0 Å². The first-order valence-electron chi connectivity index (χ1n) is 6.31. The largest absolute Gasteiger partial charge is 0.392 e. The van der Waals surface area contributed by atoms with Gasteiger partial charge in [-0.25, -0.2) is 8.42 Å². The molecule has 5 heteroatoms. The van der Waals surface area contributed by atoms with Gasteiger partial charge in [0, 0.05) is 13.1 Å². The number of aliphatic hydroxyl groups excluding tert-OH is 1. The van der Waals surface area contributed by atoms with Crippen molar-refractivity contribution < 1.29 is 13.5 Å². The quantitative estimate of drug-likeness (QED) is 0.741. The van der Waals surface area contributed by atoms with Crippen molar-refractivity contribution in [3.63, 3.8) is 0 Å². The number of hydrogen-bond acceptors (Lipinski definition) is 3. The standard InChI is InChI=1S/C14H21NO3S/c1-3-9-15(10-4-2)19(17,18)12-14-7-5-13(11-16)6-8-14/h3,5-8,16H,1,4,9-12H2,2H3. The molecule has 0 heterocycles. The first kappa shape index (κ1) is 15.9. The highest BCUT2D eigenvalue weighted by Gasteiger charge is 2.20. The molecule has 0 amide bonds. The molecule has 0 aliphatic heterocycles. The van der Waals surface area contributed by atoms with Crippen LogP contribution < -0.4 is 0 Å². The summed E-state index contributed by atoms with van der Waals surface area (Å²) in [4.78, 5) is 0. The SMILES string of the molecule is C=CCN(CCC)S(=O)(=O)Cc1ccc(CO)cc1. The maximum Gasteiger partial charge on any atom is 0.218 e. The van der Waals surface area contributed by atoms with E-state index < -0.39 is 10.0 Å². The second-order valence-electron chi connectivity index (χ2n) is 4.38. The highest BCUT2D eigenvalue weighted by Crippen LogP contribution is 2.12. The maximum absolute atomic E-state index is 12.3. The Balaban J connectivity index is 2.83. The molecule has 0 bridgehead atoms. The van der Waals surface area contributed by atoms with Crippen molar-refractivity contribution in [1.29, 1.82) is 0 Å². The number of sulfonamides is 1. The normalized spacial score (nSPS) is 11.7. The Morgan fingerprint density at radius 2 is 1.84 bits per heavy atom. The molecule has 0 radical (unpaired) electrons. The van der Waals surface area contributed by atoms with Crippen molar-refractivity contribution in [2.45, 2.75) is 25.7 Å². The van der Waals surface area contributed by atoms with Gasteiger partial charge in [-0.3, -0.25) is 0 Å². The Hall–Kier alpha value is -1.17. The van der Waals surface area contributed by atoms with Crippen molar-refractivity contribution in [2.75, 3.05) is 13.1 Å². The van der Waals surface area contributed by atoms with Crippen molar-refractivity contribution in [3.8, 4) is 0 Å². The fraction of sp³-hybridized carbons (Fsp3) is 0.429. The number of nitrogens with zero attached hydrogens (tertiary/aromatic N) is 1. The lowest BCUT2D eigenvalue weighted by Gasteiger charge is -2.20. The third-order valence-electron chi connectivity index (χ3n) is 2.75. The zero-order valence-electron chi connectivity index (χ0n) is 11.2. The first-order chi connectivity index (χ1) is 9.03. The summed E-state index contributed by atoms with van der Waals surface area (Å²) in [6.45, 7) is 6.34. The lowest BCUT2D eigenvalue weighted by Crippen LogP contribution is -2.33. The van der Waals surface area contributed by atoms with E-state index in [0.29, 0.717) is 13.1 Å². The van der Waals surface area contributed by atoms with Gasteiger partial charge in [-0.2, -0.15) is 4.31 Å². The van der Waals surface area contributed by atoms with Crippen LogP contribution in [-0.2, 0) is 22.4 Å². The predicted molar refractivity (Wildman–Crippen MR) is 77.0 cm³/mol. The molecule has 106 valence electrons. The fourth-order valence-corrected chi connectivity index (χ4v) is 3.37. The average Bonchev–Trinajstić information content (AvgIpc) is 2.39. The van der Waals surface area contributed by atoms with E-state index in [-0.39, 0.29) is 12.4 Å². The Kier molecular flexibility index (Phi) is 6.21. The number of hydrogen-bond donors (Lipinski definition) is 1. The summed E-state index contributed by atoms with van der Waals surface area (Å²) in [6, 6.07) is 6.95. The molecule has 0 aliphatic carbocycles. The van der Waals surface area contributed by atoms with Crippen LogP contribution in [0.25, 0.3) is 0 Å². The summed E-state index contributed by atoms with van der Waals surface area (Å²) in [5.74, 6) is -0.0213. The van der Waals surface area contributed by atoms with Gasteiger partial charge in [-0.05, 0) is 17.5 Å². The molecule has 1 rings (SSSR count). The van der Waals surface area contributed by atoms with Gasteiger partial charge in [-0.1, -0.05) is 37.3 Å². The van der Waals surface area contributed by atoms with Crippen LogP contribution in [0.15, 0.2) is 36.9 Å². The van der Waals surface area contributed by atoms with Gasteiger partial charge in [0.2, 0.25) is 10.0 Å². The first-order valence-corrected chi connectivity index (χ1v) is 7.91. The lowest BCUT2D eigenvalue weighted by atomic mass is 10.2. The van der Waals surface area contributed by atoms with Gasteiger partial charge in [0.05, 0.1) is 12.4 Å².